The highest BCUT2D eigenvalue weighted by molar-refractivity contribution is 7.19. The number of alkyl halides is 3. The summed E-state index contributed by atoms with van der Waals surface area (Å²) >= 11 is 1.66. The smallest absolute Gasteiger partial charge is 0.333 e. The zero-order chi connectivity index (χ0) is 21.8. The second kappa shape index (κ2) is 8.93. The normalized spacial score (nSPS) is 11.6. The summed E-state index contributed by atoms with van der Waals surface area (Å²) in [4.78, 5) is 7.68. The Morgan fingerprint density at radius 1 is 1.00 bits per heavy atom. The fourth-order valence-electron chi connectivity index (χ4n) is 3.21. The van der Waals surface area contributed by atoms with Gasteiger partial charge in [0.1, 0.15) is 11.4 Å². The molecule has 8 heteroatoms. The first-order valence-corrected chi connectivity index (χ1v) is 10.8. The number of halogens is 3. The number of nitrogens with zero attached hydrogens (tertiary/aromatic N) is 3. The number of para-hydroxylation sites is 1. The van der Waals surface area contributed by atoms with Crippen molar-refractivity contribution in [3.05, 3.63) is 72.6 Å². The molecule has 4 nitrogen and oxygen atoms in total. The van der Waals surface area contributed by atoms with Gasteiger partial charge in [0.15, 0.2) is 0 Å². The monoisotopic (exact) mass is 442 g/mol. The number of H-pyrrole nitrogens is 1. The van der Waals surface area contributed by atoms with E-state index in [4.69, 9.17) is 0 Å². The number of aromatic nitrogens is 3. The molecule has 0 radical (unpaired) electrons. The molecule has 0 saturated carbocycles. The van der Waals surface area contributed by atoms with E-state index in [-0.39, 0.29) is 5.69 Å². The third kappa shape index (κ3) is 4.80. The number of unbranched alkanes of at least 4 members (excludes halogenated alkanes) is 1. The van der Waals surface area contributed by atoms with E-state index < -0.39 is 11.9 Å². The minimum atomic E-state index is -4.46. The van der Waals surface area contributed by atoms with E-state index in [1.54, 1.807) is 23.6 Å². The Bertz CT molecular complexity index is 1120. The SMILES string of the molecule is CCCCN(c1ccccc1)c1ccc(-c2ccc(-c3cc(C(F)(F)F)[nH]n3)nc2)s1. The van der Waals surface area contributed by atoms with Gasteiger partial charge in [-0.1, -0.05) is 31.5 Å². The zero-order valence-electron chi connectivity index (χ0n) is 16.9. The molecule has 0 aliphatic rings. The van der Waals surface area contributed by atoms with E-state index in [0.29, 0.717) is 5.69 Å². The van der Waals surface area contributed by atoms with Crippen molar-refractivity contribution in [3.63, 3.8) is 0 Å². The van der Waals surface area contributed by atoms with Crippen molar-refractivity contribution < 1.29 is 13.2 Å². The highest BCUT2D eigenvalue weighted by Gasteiger charge is 2.33. The van der Waals surface area contributed by atoms with Crippen molar-refractivity contribution in [1.29, 1.82) is 0 Å². The maximum atomic E-state index is 12.8. The Hall–Kier alpha value is -3.13. The quantitative estimate of drug-likeness (QED) is 0.330. The van der Waals surface area contributed by atoms with Crippen molar-refractivity contribution in [2.45, 2.75) is 25.9 Å². The van der Waals surface area contributed by atoms with Crippen molar-refractivity contribution in [3.8, 4) is 21.8 Å². The van der Waals surface area contributed by atoms with E-state index in [1.807, 2.05) is 29.4 Å². The fraction of sp³-hybridized carbons (Fsp3) is 0.217. The standard InChI is InChI=1S/C23H21F3N4S/c1-2-3-13-30(17-7-5-4-6-8-17)22-12-11-20(31-22)16-9-10-18(27-15-16)19-14-21(29-28-19)23(24,25)26/h4-12,14-15H,2-3,13H2,1H3,(H,28,29). The van der Waals surface area contributed by atoms with Crippen LogP contribution in [-0.4, -0.2) is 21.7 Å². The van der Waals surface area contributed by atoms with Crippen LogP contribution < -0.4 is 4.90 Å². The Balaban J connectivity index is 1.56. The number of rotatable bonds is 7. The average molecular weight is 443 g/mol. The Morgan fingerprint density at radius 3 is 2.45 bits per heavy atom. The topological polar surface area (TPSA) is 44.8 Å². The minimum absolute atomic E-state index is 0.167. The van der Waals surface area contributed by atoms with Gasteiger partial charge in [0.2, 0.25) is 0 Å². The Labute approximate surface area is 182 Å². The summed E-state index contributed by atoms with van der Waals surface area (Å²) in [5, 5.41) is 6.89. The second-order valence-electron chi connectivity index (χ2n) is 7.08. The van der Waals surface area contributed by atoms with Crippen LogP contribution in [0, 0.1) is 0 Å². The summed E-state index contributed by atoms with van der Waals surface area (Å²) in [5.74, 6) is 0. The summed E-state index contributed by atoms with van der Waals surface area (Å²) in [7, 11) is 0. The molecule has 160 valence electrons. The van der Waals surface area contributed by atoms with Crippen molar-refractivity contribution in [2.75, 3.05) is 11.4 Å². The predicted molar refractivity (Wildman–Crippen MR) is 118 cm³/mol. The van der Waals surface area contributed by atoms with Gasteiger partial charge in [-0.25, -0.2) is 0 Å². The molecular formula is C23H21F3N4S. The number of hydrogen-bond acceptors (Lipinski definition) is 4. The summed E-state index contributed by atoms with van der Waals surface area (Å²) in [6, 6.07) is 18.9. The first-order valence-electron chi connectivity index (χ1n) is 9.97. The van der Waals surface area contributed by atoms with Crippen LogP contribution in [0.4, 0.5) is 23.9 Å². The summed E-state index contributed by atoms with van der Waals surface area (Å²) < 4.78 is 38.3. The van der Waals surface area contributed by atoms with E-state index in [2.05, 4.69) is 46.2 Å². The lowest BCUT2D eigenvalue weighted by Crippen LogP contribution is -2.16. The minimum Gasteiger partial charge on any atom is -0.333 e. The maximum absolute atomic E-state index is 12.8. The molecule has 31 heavy (non-hydrogen) atoms. The van der Waals surface area contributed by atoms with Gasteiger partial charge in [-0.2, -0.15) is 18.3 Å². The molecule has 3 aromatic heterocycles. The molecule has 0 spiro atoms. The number of thiophene rings is 1. The zero-order valence-corrected chi connectivity index (χ0v) is 17.7. The van der Waals surface area contributed by atoms with E-state index in [1.165, 1.54) is 0 Å². The molecule has 0 atom stereocenters. The molecule has 0 aliphatic heterocycles. The van der Waals surface area contributed by atoms with Crippen LogP contribution in [0.25, 0.3) is 21.8 Å². The number of pyridine rings is 1. The van der Waals surface area contributed by atoms with E-state index in [0.717, 1.165) is 46.6 Å². The van der Waals surface area contributed by atoms with Crippen LogP contribution in [0.15, 0.2) is 66.9 Å². The number of hydrogen-bond donors (Lipinski definition) is 1. The lowest BCUT2D eigenvalue weighted by atomic mass is 10.2. The van der Waals surface area contributed by atoms with Gasteiger partial charge in [-0.05, 0) is 48.9 Å². The van der Waals surface area contributed by atoms with E-state index in [9.17, 15) is 13.2 Å². The number of nitrogens with one attached hydrogen (secondary N) is 1. The molecule has 1 N–H and O–H groups in total. The third-order valence-electron chi connectivity index (χ3n) is 4.85. The van der Waals surface area contributed by atoms with Gasteiger partial charge >= 0.3 is 6.18 Å². The predicted octanol–water partition coefficient (Wildman–Crippen LogP) is 7.16. The molecule has 0 fully saturated rings. The fourth-order valence-corrected chi connectivity index (χ4v) is 4.25. The lowest BCUT2D eigenvalue weighted by molar-refractivity contribution is -0.141. The molecule has 0 aliphatic carbocycles. The van der Waals surface area contributed by atoms with Crippen molar-refractivity contribution in [1.82, 2.24) is 15.2 Å². The number of benzene rings is 1. The lowest BCUT2D eigenvalue weighted by Gasteiger charge is -2.23. The van der Waals surface area contributed by atoms with Crippen molar-refractivity contribution in [2.24, 2.45) is 0 Å². The first-order chi connectivity index (χ1) is 15.0. The maximum Gasteiger partial charge on any atom is 0.432 e. The van der Waals surface area contributed by atoms with Crippen molar-refractivity contribution >= 4 is 22.0 Å². The van der Waals surface area contributed by atoms with Crippen LogP contribution in [0.3, 0.4) is 0 Å². The average Bonchev–Trinajstić information content (AvgIpc) is 3.45. The Kier molecular flexibility index (Phi) is 6.08. The second-order valence-corrected chi connectivity index (χ2v) is 8.14. The number of anilines is 2. The number of aromatic amines is 1. The summed E-state index contributed by atoms with van der Waals surface area (Å²) in [6.07, 6.45) is -0.592. The third-order valence-corrected chi connectivity index (χ3v) is 6.01. The summed E-state index contributed by atoms with van der Waals surface area (Å²) in [6.45, 7) is 3.10. The van der Waals surface area contributed by atoms with Crippen LogP contribution >= 0.6 is 11.3 Å². The van der Waals surface area contributed by atoms with Gasteiger partial charge < -0.3 is 4.90 Å². The first kappa shape index (κ1) is 21.1. The van der Waals surface area contributed by atoms with Crippen LogP contribution in [0.1, 0.15) is 25.5 Å². The van der Waals surface area contributed by atoms with E-state index >= 15 is 0 Å². The molecule has 4 rings (SSSR count). The van der Waals surface area contributed by atoms with Gasteiger partial charge in [0.05, 0.1) is 10.7 Å². The highest BCUT2D eigenvalue weighted by Crippen LogP contribution is 2.37. The molecule has 3 heterocycles. The highest BCUT2D eigenvalue weighted by atomic mass is 32.1. The molecule has 0 saturated heterocycles. The molecule has 0 unspecified atom stereocenters. The van der Waals surface area contributed by atoms with Gasteiger partial charge in [0, 0.05) is 28.9 Å². The molecular weight excluding hydrogens is 421 g/mol. The largest absolute Gasteiger partial charge is 0.432 e. The Morgan fingerprint density at radius 2 is 1.81 bits per heavy atom. The van der Waals surface area contributed by atoms with Gasteiger partial charge in [-0.3, -0.25) is 10.1 Å². The molecule has 1 aromatic carbocycles. The van der Waals surface area contributed by atoms with Gasteiger partial charge in [0.25, 0.3) is 0 Å². The molecule has 0 bridgehead atoms. The van der Waals surface area contributed by atoms with Gasteiger partial charge in [-0.15, -0.1) is 11.3 Å². The molecule has 4 aromatic rings. The summed E-state index contributed by atoms with van der Waals surface area (Å²) in [5.41, 5.74) is 1.73. The van der Waals surface area contributed by atoms with Crippen LogP contribution in [-0.2, 0) is 6.18 Å². The molecule has 0 amide bonds. The van der Waals surface area contributed by atoms with Crippen LogP contribution in [0.5, 0.6) is 0 Å². The van der Waals surface area contributed by atoms with Crippen LogP contribution in [0.2, 0.25) is 0 Å².